The van der Waals surface area contributed by atoms with E-state index in [0.29, 0.717) is 23.5 Å². The number of aromatic nitrogens is 3. The Morgan fingerprint density at radius 3 is 2.45 bits per heavy atom. The lowest BCUT2D eigenvalue weighted by Crippen LogP contribution is -2.64. The summed E-state index contributed by atoms with van der Waals surface area (Å²) in [6.45, 7) is 17.1. The number of nitrogens with zero attached hydrogens (tertiary/aromatic N) is 2. The molecule has 3 fully saturated rings. The van der Waals surface area contributed by atoms with Crippen molar-refractivity contribution >= 4 is 17.4 Å². The molecule has 2 aromatic rings. The molecule has 2 aromatic heterocycles. The third kappa shape index (κ3) is 3.82. The summed E-state index contributed by atoms with van der Waals surface area (Å²) >= 11 is 0. The van der Waals surface area contributed by atoms with Crippen LogP contribution in [0.1, 0.15) is 110 Å². The quantitative estimate of drug-likeness (QED) is 0.333. The number of hydrogen-bond donors (Lipinski definition) is 3. The second kappa shape index (κ2) is 9.35. The van der Waals surface area contributed by atoms with Crippen LogP contribution in [0.3, 0.4) is 0 Å². The third-order valence-corrected chi connectivity index (χ3v) is 14.4. The average molecular weight is 601 g/mol. The lowest BCUT2D eigenvalue weighted by molar-refractivity contribution is -0.161. The summed E-state index contributed by atoms with van der Waals surface area (Å²) in [6.07, 6.45) is 10.1. The van der Waals surface area contributed by atoms with Crippen LogP contribution in [0.4, 0.5) is 5.82 Å². The molecule has 4 N–H and O–H groups in total. The number of pyridine rings is 1. The van der Waals surface area contributed by atoms with Gasteiger partial charge in [-0.2, -0.15) is 5.10 Å². The van der Waals surface area contributed by atoms with Crippen LogP contribution >= 0.6 is 0 Å². The maximum atomic E-state index is 12.8. The molecule has 44 heavy (non-hydrogen) atoms. The summed E-state index contributed by atoms with van der Waals surface area (Å²) in [4.78, 5) is 17.5. The van der Waals surface area contributed by atoms with Gasteiger partial charge in [0.1, 0.15) is 5.82 Å². The molecule has 0 spiro atoms. The number of carboxylic acids is 1. The van der Waals surface area contributed by atoms with Crippen molar-refractivity contribution in [2.75, 3.05) is 12.8 Å². The summed E-state index contributed by atoms with van der Waals surface area (Å²) in [7, 11) is 1.67. The highest BCUT2D eigenvalue weighted by molar-refractivity contribution is 5.75. The molecule has 0 aromatic carbocycles. The molecule has 0 saturated heterocycles. The van der Waals surface area contributed by atoms with Gasteiger partial charge in [-0.3, -0.25) is 9.89 Å². The maximum absolute atomic E-state index is 12.8. The number of methoxy groups -OCH3 is 1. The fourth-order valence-electron chi connectivity index (χ4n) is 12.4. The third-order valence-electron chi connectivity index (χ3n) is 14.4. The van der Waals surface area contributed by atoms with E-state index >= 15 is 0 Å². The Hall–Kier alpha value is -2.83. The first kappa shape index (κ1) is 29.9. The SMILES string of the molecule is COc1ccc(C2=C3[C@H]4CC(C)(C)C[C@@H](C(=O)O)[C@H]4CC[C@@]3(C)[C@]3(C)CC[C@H]4C(C)(C)c5[nH]nc(N)c5C[C@]4(C)C3C2)cn1. The first-order valence-corrected chi connectivity index (χ1v) is 16.9. The van der Waals surface area contributed by atoms with E-state index in [4.69, 9.17) is 15.5 Å². The number of H-pyrrole nitrogens is 1. The molecule has 238 valence electrons. The van der Waals surface area contributed by atoms with Crippen molar-refractivity contribution in [3.8, 4) is 5.88 Å². The van der Waals surface area contributed by atoms with E-state index < -0.39 is 5.97 Å². The van der Waals surface area contributed by atoms with E-state index in [-0.39, 0.29) is 44.8 Å². The van der Waals surface area contributed by atoms with Gasteiger partial charge in [0.25, 0.3) is 0 Å². The molecule has 5 aliphatic rings. The highest BCUT2D eigenvalue weighted by Gasteiger charge is 2.68. The standard InChI is InChI=1S/C37H52N4O3/c1-33(2)16-23-21(24(17-33)32(42)43)11-13-37(7)29(23)22(20-9-10-28(44-8)39-19-20)15-27-35(5)18-25-30(40-41-31(25)38)34(3,4)26(35)12-14-36(27,37)6/h9-10,19,21,23-24,26-27H,11-18H2,1-8H3,(H,42,43)(H3,38,40,41)/t21-,23-,24+,26-,27?,35-,36+,37+/m0/s1. The van der Waals surface area contributed by atoms with Gasteiger partial charge in [0, 0.05) is 28.9 Å². The van der Waals surface area contributed by atoms with Crippen LogP contribution in [-0.2, 0) is 16.6 Å². The molecule has 0 amide bonds. The lowest BCUT2D eigenvalue weighted by atomic mass is 9.33. The van der Waals surface area contributed by atoms with E-state index in [1.54, 1.807) is 12.7 Å². The number of hydrogen-bond acceptors (Lipinski definition) is 5. The normalized spacial score (nSPS) is 40.1. The van der Waals surface area contributed by atoms with Crippen LogP contribution in [-0.4, -0.2) is 33.4 Å². The minimum absolute atomic E-state index is 0.0251. The van der Waals surface area contributed by atoms with E-state index in [9.17, 15) is 9.90 Å². The molecule has 0 aliphatic heterocycles. The monoisotopic (exact) mass is 600 g/mol. The van der Waals surface area contributed by atoms with E-state index in [1.165, 1.54) is 35.2 Å². The molecule has 7 rings (SSSR count). The van der Waals surface area contributed by atoms with Crippen LogP contribution in [0, 0.1) is 51.2 Å². The van der Waals surface area contributed by atoms with Gasteiger partial charge in [0.05, 0.1) is 13.0 Å². The molecular formula is C37H52N4O3. The van der Waals surface area contributed by atoms with Gasteiger partial charge in [0.2, 0.25) is 5.88 Å². The second-order valence-corrected chi connectivity index (χ2v) is 17.3. The first-order valence-electron chi connectivity index (χ1n) is 16.9. The van der Waals surface area contributed by atoms with Gasteiger partial charge < -0.3 is 15.6 Å². The van der Waals surface area contributed by atoms with E-state index in [2.05, 4.69) is 64.7 Å². The highest BCUT2D eigenvalue weighted by atomic mass is 16.5. The van der Waals surface area contributed by atoms with Gasteiger partial charge in [-0.1, -0.05) is 54.0 Å². The molecule has 7 heteroatoms. The molecule has 0 bridgehead atoms. The van der Waals surface area contributed by atoms with Crippen molar-refractivity contribution in [2.24, 2.45) is 51.2 Å². The summed E-state index contributed by atoms with van der Waals surface area (Å²) in [5, 5.41) is 18.4. The van der Waals surface area contributed by atoms with E-state index in [0.717, 1.165) is 38.5 Å². The predicted octanol–water partition coefficient (Wildman–Crippen LogP) is 7.68. The van der Waals surface area contributed by atoms with Gasteiger partial charge in [0.15, 0.2) is 0 Å². The van der Waals surface area contributed by atoms with Crippen molar-refractivity contribution in [3.05, 3.63) is 40.7 Å². The Morgan fingerprint density at radius 2 is 1.80 bits per heavy atom. The Bertz CT molecular complexity index is 1540. The number of fused-ring (bicyclic) bond motifs is 8. The summed E-state index contributed by atoms with van der Waals surface area (Å²) in [6, 6.07) is 4.19. The number of nitrogen functional groups attached to an aromatic ring is 1. The van der Waals surface area contributed by atoms with Crippen LogP contribution in [0.15, 0.2) is 23.9 Å². The number of carbonyl (C=O) groups is 1. The zero-order chi connectivity index (χ0) is 31.6. The first-order chi connectivity index (χ1) is 20.6. The molecule has 3 saturated carbocycles. The summed E-state index contributed by atoms with van der Waals surface area (Å²) in [5.74, 6) is 1.74. The number of anilines is 1. The Labute approximate surface area is 262 Å². The van der Waals surface area contributed by atoms with Crippen molar-refractivity contribution in [2.45, 2.75) is 105 Å². The fourth-order valence-corrected chi connectivity index (χ4v) is 12.4. The number of ether oxygens (including phenoxy) is 1. The van der Waals surface area contributed by atoms with E-state index in [1.807, 2.05) is 12.3 Å². The number of rotatable bonds is 3. The smallest absolute Gasteiger partial charge is 0.306 e. The number of nitrogens with one attached hydrogen (secondary N) is 1. The van der Waals surface area contributed by atoms with Gasteiger partial charge in [-0.05, 0) is 114 Å². The summed E-state index contributed by atoms with van der Waals surface area (Å²) < 4.78 is 5.47. The largest absolute Gasteiger partial charge is 0.481 e. The van der Waals surface area contributed by atoms with Crippen LogP contribution < -0.4 is 10.5 Å². The Kier molecular flexibility index (Phi) is 6.35. The zero-order valence-corrected chi connectivity index (χ0v) is 28.0. The van der Waals surface area contributed by atoms with Crippen LogP contribution in [0.2, 0.25) is 0 Å². The van der Waals surface area contributed by atoms with Crippen LogP contribution in [0.5, 0.6) is 5.88 Å². The number of allylic oxidation sites excluding steroid dienone is 2. The van der Waals surface area contributed by atoms with Crippen molar-refractivity contribution in [3.63, 3.8) is 0 Å². The van der Waals surface area contributed by atoms with Crippen molar-refractivity contribution in [1.29, 1.82) is 0 Å². The Morgan fingerprint density at radius 1 is 1.05 bits per heavy atom. The maximum Gasteiger partial charge on any atom is 0.306 e. The van der Waals surface area contributed by atoms with Crippen molar-refractivity contribution in [1.82, 2.24) is 15.2 Å². The van der Waals surface area contributed by atoms with Crippen LogP contribution in [0.25, 0.3) is 5.57 Å². The molecule has 2 heterocycles. The molecule has 1 unspecified atom stereocenters. The van der Waals surface area contributed by atoms with Gasteiger partial charge >= 0.3 is 5.97 Å². The number of aliphatic carboxylic acids is 1. The molecule has 8 atom stereocenters. The van der Waals surface area contributed by atoms with Crippen molar-refractivity contribution < 1.29 is 14.6 Å². The van der Waals surface area contributed by atoms with Gasteiger partial charge in [-0.25, -0.2) is 4.98 Å². The molecule has 7 nitrogen and oxygen atoms in total. The predicted molar refractivity (Wildman–Crippen MR) is 173 cm³/mol. The zero-order valence-electron chi connectivity index (χ0n) is 28.0. The lowest BCUT2D eigenvalue weighted by Gasteiger charge is -2.70. The molecular weight excluding hydrogens is 548 g/mol. The second-order valence-electron chi connectivity index (χ2n) is 17.3. The topological polar surface area (TPSA) is 114 Å². The highest BCUT2D eigenvalue weighted by Crippen LogP contribution is 2.76. The molecule has 0 radical (unpaired) electrons. The number of aromatic amines is 1. The average Bonchev–Trinajstić information content (AvgIpc) is 3.32. The minimum Gasteiger partial charge on any atom is -0.481 e. The minimum atomic E-state index is -0.615. The Balaban J connectivity index is 1.45. The summed E-state index contributed by atoms with van der Waals surface area (Å²) in [5.41, 5.74) is 13.1. The molecule has 5 aliphatic carbocycles. The van der Waals surface area contributed by atoms with Gasteiger partial charge in [-0.15, -0.1) is 0 Å². The number of carboxylic acid groups (broad SMARTS) is 1. The fraction of sp³-hybridized carbons (Fsp3) is 0.703. The number of nitrogens with two attached hydrogens (primary N) is 1.